The number of hydrogen-bond acceptors (Lipinski definition) is 10. The monoisotopic (exact) mass is 634 g/mol. The molecule has 45 heavy (non-hydrogen) atoms. The van der Waals surface area contributed by atoms with Crippen LogP contribution < -0.4 is 0 Å². The Morgan fingerprint density at radius 2 is 1.76 bits per heavy atom. The van der Waals surface area contributed by atoms with Gasteiger partial charge in [-0.15, -0.1) is 0 Å². The summed E-state index contributed by atoms with van der Waals surface area (Å²) >= 11 is 0. The van der Waals surface area contributed by atoms with E-state index in [9.17, 15) is 25.5 Å². The van der Waals surface area contributed by atoms with E-state index in [1.165, 1.54) is 5.57 Å². The molecule has 10 heteroatoms. The first-order chi connectivity index (χ1) is 21.3. The number of rotatable bonds is 4. The van der Waals surface area contributed by atoms with Crippen molar-refractivity contribution in [1.29, 1.82) is 0 Å². The quantitative estimate of drug-likeness (QED) is 0.292. The summed E-state index contributed by atoms with van der Waals surface area (Å²) in [4.78, 5) is 0. The number of aliphatic hydroxyl groups excluding tert-OH is 4. The third-order valence-electron chi connectivity index (χ3n) is 15.0. The topological polar surface area (TPSA) is 147 Å². The lowest BCUT2D eigenvalue weighted by Gasteiger charge is -2.61. The molecule has 0 radical (unpaired) electrons. The van der Waals surface area contributed by atoms with Crippen LogP contribution >= 0.6 is 0 Å². The molecule has 4 saturated heterocycles. The highest BCUT2D eigenvalue weighted by atomic mass is 16.8. The third-order valence-corrected chi connectivity index (χ3v) is 15.0. The number of allylic oxidation sites excluding steroid dienone is 2. The molecule has 4 heterocycles. The fourth-order valence-corrected chi connectivity index (χ4v) is 12.3. The van der Waals surface area contributed by atoms with E-state index in [-0.39, 0.29) is 41.5 Å². The van der Waals surface area contributed by atoms with Gasteiger partial charge in [-0.05, 0) is 75.0 Å². The fourth-order valence-electron chi connectivity index (χ4n) is 12.3. The van der Waals surface area contributed by atoms with Gasteiger partial charge in [0.2, 0.25) is 0 Å². The maximum absolute atomic E-state index is 13.0. The molecule has 254 valence electrons. The number of aliphatic hydroxyl groups is 5. The van der Waals surface area contributed by atoms with Crippen molar-refractivity contribution in [3.05, 3.63) is 11.6 Å². The predicted molar refractivity (Wildman–Crippen MR) is 160 cm³/mol. The van der Waals surface area contributed by atoms with Crippen LogP contribution in [0.3, 0.4) is 0 Å². The van der Waals surface area contributed by atoms with Gasteiger partial charge in [0.05, 0.1) is 37.1 Å². The molecule has 10 nitrogen and oxygen atoms in total. The highest BCUT2D eigenvalue weighted by Gasteiger charge is 2.82. The van der Waals surface area contributed by atoms with Crippen molar-refractivity contribution >= 4 is 0 Å². The molecule has 18 unspecified atom stereocenters. The number of hydrogen-bond donors (Lipinski definition) is 5. The largest absolute Gasteiger partial charge is 0.394 e. The highest BCUT2D eigenvalue weighted by Crippen LogP contribution is 2.74. The SMILES string of the molecule is CCC1C2OC34CC5C6=CCC7CC(OC8OC(CO)C(O)C(O)C8O)CCC7(C)C6CCC5(C)C3(O)C(C)C2OC1(C)CO4. The van der Waals surface area contributed by atoms with Crippen molar-refractivity contribution < 1.29 is 49.2 Å². The average molecular weight is 635 g/mol. The lowest BCUT2D eigenvalue weighted by Crippen LogP contribution is -2.72. The van der Waals surface area contributed by atoms with Crippen LogP contribution in [0.5, 0.6) is 0 Å². The Kier molecular flexibility index (Phi) is 7.15. The zero-order valence-electron chi connectivity index (χ0n) is 27.4. The summed E-state index contributed by atoms with van der Waals surface area (Å²) in [5, 5.41) is 53.6. The van der Waals surface area contributed by atoms with E-state index in [1.807, 2.05) is 0 Å². The Bertz CT molecular complexity index is 1230. The van der Waals surface area contributed by atoms with E-state index in [0.717, 1.165) is 44.9 Å². The van der Waals surface area contributed by atoms with E-state index in [1.54, 1.807) is 0 Å². The highest BCUT2D eigenvalue weighted by molar-refractivity contribution is 5.35. The Labute approximate surface area is 266 Å². The van der Waals surface area contributed by atoms with Crippen LogP contribution in [0.15, 0.2) is 11.6 Å². The maximum atomic E-state index is 13.0. The Hall–Kier alpha value is -0.660. The summed E-state index contributed by atoms with van der Waals surface area (Å²) in [5.74, 6) is 0.0277. The second-order valence-electron chi connectivity index (χ2n) is 16.7. The zero-order chi connectivity index (χ0) is 31.9. The van der Waals surface area contributed by atoms with E-state index in [2.05, 4.69) is 40.7 Å². The predicted octanol–water partition coefficient (Wildman–Crippen LogP) is 2.42. The molecule has 5 N–H and O–H groups in total. The summed E-state index contributed by atoms with van der Waals surface area (Å²) in [5.41, 5.74) is -0.412. The van der Waals surface area contributed by atoms with Crippen molar-refractivity contribution in [2.24, 2.45) is 40.4 Å². The van der Waals surface area contributed by atoms with Gasteiger partial charge >= 0.3 is 0 Å². The Morgan fingerprint density at radius 1 is 0.978 bits per heavy atom. The number of ether oxygens (including phenoxy) is 5. The van der Waals surface area contributed by atoms with Crippen LogP contribution in [0.1, 0.15) is 86.0 Å². The first-order valence-electron chi connectivity index (χ1n) is 17.6. The minimum absolute atomic E-state index is 0.0690. The van der Waals surface area contributed by atoms with Crippen molar-refractivity contribution in [3.8, 4) is 0 Å². The molecule has 3 bridgehead atoms. The summed E-state index contributed by atoms with van der Waals surface area (Å²) in [7, 11) is 0. The van der Waals surface area contributed by atoms with Crippen molar-refractivity contribution in [1.82, 2.24) is 0 Å². The van der Waals surface area contributed by atoms with Gasteiger partial charge < -0.3 is 49.2 Å². The molecule has 8 rings (SSSR count). The van der Waals surface area contributed by atoms with Crippen molar-refractivity contribution in [2.45, 2.75) is 152 Å². The molecule has 0 aromatic heterocycles. The van der Waals surface area contributed by atoms with Gasteiger partial charge in [-0.2, -0.15) is 0 Å². The summed E-state index contributed by atoms with van der Waals surface area (Å²) in [6, 6.07) is 0. The van der Waals surface area contributed by atoms with Crippen LogP contribution in [0.4, 0.5) is 0 Å². The molecule has 0 aromatic carbocycles. The summed E-state index contributed by atoms with van der Waals surface area (Å²) in [6.07, 6.45) is 2.78. The van der Waals surface area contributed by atoms with Gasteiger partial charge in [0.25, 0.3) is 0 Å². The summed E-state index contributed by atoms with van der Waals surface area (Å²) < 4.78 is 32.5. The zero-order valence-corrected chi connectivity index (χ0v) is 27.4. The minimum Gasteiger partial charge on any atom is -0.394 e. The fraction of sp³-hybridized carbons (Fsp3) is 0.943. The van der Waals surface area contributed by atoms with Gasteiger partial charge in [0.1, 0.15) is 30.0 Å². The normalized spacial score (nSPS) is 61.6. The first kappa shape index (κ1) is 31.6. The molecule has 4 aliphatic heterocycles. The maximum Gasteiger partial charge on any atom is 0.199 e. The number of fused-ring (bicyclic) bond motifs is 7. The van der Waals surface area contributed by atoms with E-state index in [4.69, 9.17) is 23.7 Å². The van der Waals surface area contributed by atoms with Crippen LogP contribution in [0.25, 0.3) is 0 Å². The van der Waals surface area contributed by atoms with Crippen LogP contribution in [-0.2, 0) is 23.7 Å². The van der Waals surface area contributed by atoms with E-state index < -0.39 is 59.7 Å². The van der Waals surface area contributed by atoms with Crippen LogP contribution in [-0.4, -0.2) is 105 Å². The van der Waals surface area contributed by atoms with Gasteiger partial charge in [0, 0.05) is 23.7 Å². The van der Waals surface area contributed by atoms with Gasteiger partial charge in [-0.1, -0.05) is 39.3 Å². The molecule has 1 spiro atoms. The van der Waals surface area contributed by atoms with Crippen LogP contribution in [0.2, 0.25) is 0 Å². The molecular formula is C35H54O10. The molecule has 4 aliphatic carbocycles. The minimum atomic E-state index is -1.44. The molecule has 0 amide bonds. The van der Waals surface area contributed by atoms with Gasteiger partial charge in [-0.3, -0.25) is 0 Å². The standard InChI is InChI=1S/C35H54O10/c1-6-21-29-28-17(2)35(40)32(4)12-10-22-20(23(32)14-34(35,45-29)41-16-33(21,5)44-28)8-7-18-13-19(9-11-31(18,22)3)42-30-27(39)26(38)25(37)24(15-36)43-30/h8,17-19,21-30,36-40H,6-7,9-16H2,1-5H3. The molecule has 7 fully saturated rings. The summed E-state index contributed by atoms with van der Waals surface area (Å²) in [6.45, 7) is 11.2. The van der Waals surface area contributed by atoms with E-state index >= 15 is 0 Å². The Balaban J connectivity index is 1.05. The molecular weight excluding hydrogens is 580 g/mol. The smallest absolute Gasteiger partial charge is 0.199 e. The lowest BCUT2D eigenvalue weighted by atomic mass is 9.47. The second-order valence-corrected chi connectivity index (χ2v) is 16.7. The van der Waals surface area contributed by atoms with Crippen molar-refractivity contribution in [2.75, 3.05) is 13.2 Å². The first-order valence-corrected chi connectivity index (χ1v) is 17.6. The third kappa shape index (κ3) is 3.87. The second kappa shape index (κ2) is 10.2. The molecule has 8 aliphatic rings. The molecule has 18 atom stereocenters. The molecule has 0 aromatic rings. The van der Waals surface area contributed by atoms with E-state index in [0.29, 0.717) is 24.9 Å². The molecule has 3 saturated carbocycles. The lowest BCUT2D eigenvalue weighted by molar-refractivity contribution is -0.403. The Morgan fingerprint density at radius 3 is 2.49 bits per heavy atom. The van der Waals surface area contributed by atoms with Crippen molar-refractivity contribution in [3.63, 3.8) is 0 Å². The average Bonchev–Trinajstić information content (AvgIpc) is 3.36. The van der Waals surface area contributed by atoms with Crippen LogP contribution in [0, 0.1) is 40.4 Å². The van der Waals surface area contributed by atoms with Gasteiger partial charge in [0.15, 0.2) is 12.1 Å². The van der Waals surface area contributed by atoms with Gasteiger partial charge in [-0.25, -0.2) is 0 Å².